The summed E-state index contributed by atoms with van der Waals surface area (Å²) in [6, 6.07) is 45.4. The van der Waals surface area contributed by atoms with Gasteiger partial charge in [-0.2, -0.15) is 0 Å². The highest BCUT2D eigenvalue weighted by Crippen LogP contribution is 2.65. The Balaban J connectivity index is 1.42. The van der Waals surface area contributed by atoms with Crippen LogP contribution < -0.4 is 0 Å². The highest BCUT2D eigenvalue weighted by molar-refractivity contribution is 6.06. The summed E-state index contributed by atoms with van der Waals surface area (Å²) in [7, 11) is 0. The van der Waals surface area contributed by atoms with Crippen molar-refractivity contribution in [2.75, 3.05) is 0 Å². The second kappa shape index (κ2) is 8.30. The molecule has 41 heavy (non-hydrogen) atoms. The Morgan fingerprint density at radius 1 is 0.488 bits per heavy atom. The molecule has 0 amide bonds. The van der Waals surface area contributed by atoms with Gasteiger partial charge in [0.05, 0.1) is 28.0 Å². The van der Waals surface area contributed by atoms with Crippen LogP contribution in [0, 0.1) is 0 Å². The molecule has 3 nitrogen and oxygen atoms in total. The summed E-state index contributed by atoms with van der Waals surface area (Å²) in [5.41, 5.74) is 14.5. The molecule has 0 saturated heterocycles. The normalized spacial score (nSPS) is 13.6. The number of pyridine rings is 3. The number of aromatic nitrogens is 3. The van der Waals surface area contributed by atoms with Crippen molar-refractivity contribution in [1.29, 1.82) is 0 Å². The Kier molecular flexibility index (Phi) is 4.53. The van der Waals surface area contributed by atoms with Gasteiger partial charge in [0.25, 0.3) is 0 Å². The van der Waals surface area contributed by atoms with E-state index in [0.29, 0.717) is 0 Å². The highest BCUT2D eigenvalue weighted by Gasteiger charge is 2.53. The second-order valence-electron chi connectivity index (χ2n) is 10.8. The monoisotopic (exact) mass is 521 g/mol. The zero-order valence-corrected chi connectivity index (χ0v) is 22.1. The molecule has 2 aliphatic rings. The number of fused-ring (bicyclic) bond motifs is 12. The molecular formula is C38H23N3. The van der Waals surface area contributed by atoms with Gasteiger partial charge in [-0.25, -0.2) is 4.98 Å². The molecule has 7 aromatic rings. The minimum Gasteiger partial charge on any atom is -0.255 e. The molecule has 0 atom stereocenters. The SMILES string of the molecule is c1ccc(-c2ccc(-c3nc4ccccc4c4c3-c3ccccc3C43c4ccccc4-c4ccccc43)cn2)nc1. The van der Waals surface area contributed by atoms with Crippen LogP contribution in [0.5, 0.6) is 0 Å². The number of hydrogen-bond donors (Lipinski definition) is 0. The summed E-state index contributed by atoms with van der Waals surface area (Å²) in [4.78, 5) is 14.7. The minimum atomic E-state index is -0.433. The molecule has 3 aromatic heterocycles. The van der Waals surface area contributed by atoms with E-state index in [1.165, 1.54) is 49.9 Å². The largest absolute Gasteiger partial charge is 0.255 e. The van der Waals surface area contributed by atoms with Crippen molar-refractivity contribution in [3.8, 4) is 44.9 Å². The van der Waals surface area contributed by atoms with E-state index in [2.05, 4.69) is 114 Å². The molecule has 3 heterocycles. The van der Waals surface area contributed by atoms with Crippen molar-refractivity contribution in [1.82, 2.24) is 15.0 Å². The molecule has 3 heteroatoms. The Morgan fingerprint density at radius 2 is 1.10 bits per heavy atom. The summed E-state index contributed by atoms with van der Waals surface area (Å²) in [5, 5.41) is 1.19. The van der Waals surface area contributed by atoms with Gasteiger partial charge in [0.1, 0.15) is 0 Å². The van der Waals surface area contributed by atoms with Crippen molar-refractivity contribution in [3.63, 3.8) is 0 Å². The van der Waals surface area contributed by atoms with Crippen molar-refractivity contribution in [2.45, 2.75) is 5.41 Å². The maximum Gasteiger partial charge on any atom is 0.0886 e. The van der Waals surface area contributed by atoms with E-state index < -0.39 is 5.41 Å². The van der Waals surface area contributed by atoms with Gasteiger partial charge >= 0.3 is 0 Å². The van der Waals surface area contributed by atoms with E-state index in [1.54, 1.807) is 6.20 Å². The van der Waals surface area contributed by atoms with Crippen LogP contribution in [0.15, 0.2) is 140 Å². The fraction of sp³-hybridized carbons (Fsp3) is 0.0263. The maximum atomic E-state index is 5.33. The van der Waals surface area contributed by atoms with Gasteiger partial charge < -0.3 is 0 Å². The molecule has 0 unspecified atom stereocenters. The lowest BCUT2D eigenvalue weighted by Crippen LogP contribution is -2.26. The molecular weight excluding hydrogens is 498 g/mol. The van der Waals surface area contributed by atoms with E-state index in [9.17, 15) is 0 Å². The van der Waals surface area contributed by atoms with Crippen LogP contribution in [0.3, 0.4) is 0 Å². The zero-order chi connectivity index (χ0) is 27.0. The van der Waals surface area contributed by atoms with Crippen LogP contribution in [0.2, 0.25) is 0 Å². The van der Waals surface area contributed by atoms with Crippen LogP contribution in [-0.4, -0.2) is 15.0 Å². The molecule has 0 bridgehead atoms. The predicted molar refractivity (Wildman–Crippen MR) is 165 cm³/mol. The van der Waals surface area contributed by atoms with Gasteiger partial charge in [0, 0.05) is 28.9 Å². The van der Waals surface area contributed by atoms with Crippen LogP contribution in [-0.2, 0) is 5.41 Å². The first kappa shape index (κ1) is 22.4. The van der Waals surface area contributed by atoms with Gasteiger partial charge in [-0.05, 0) is 69.3 Å². The molecule has 0 radical (unpaired) electrons. The lowest BCUT2D eigenvalue weighted by Gasteiger charge is -2.31. The molecule has 0 N–H and O–H groups in total. The Morgan fingerprint density at radius 3 is 1.78 bits per heavy atom. The Hall–Kier alpha value is -5.41. The van der Waals surface area contributed by atoms with Gasteiger partial charge in [-0.3, -0.25) is 9.97 Å². The first-order valence-electron chi connectivity index (χ1n) is 14.0. The van der Waals surface area contributed by atoms with Gasteiger partial charge in [-0.15, -0.1) is 0 Å². The predicted octanol–water partition coefficient (Wildman–Crippen LogP) is 8.70. The standard InChI is InChI=1S/C38H23N3/c1-5-15-29-25(11-1)26-12-2-6-16-30(26)38(29)31-17-7-3-13-27(31)35-36(38)28-14-4-8-18-32(28)41-37(35)24-20-21-34(40-23-24)33-19-9-10-22-39-33/h1-23H. The molecule has 0 saturated carbocycles. The van der Waals surface area contributed by atoms with E-state index >= 15 is 0 Å². The molecule has 1 spiro atoms. The Labute approximate surface area is 237 Å². The second-order valence-corrected chi connectivity index (χ2v) is 10.8. The number of rotatable bonds is 2. The number of para-hydroxylation sites is 1. The first-order valence-corrected chi connectivity index (χ1v) is 14.0. The quantitative estimate of drug-likeness (QED) is 0.228. The summed E-state index contributed by atoms with van der Waals surface area (Å²) < 4.78 is 0. The third-order valence-corrected chi connectivity index (χ3v) is 8.78. The van der Waals surface area contributed by atoms with Crippen molar-refractivity contribution >= 4 is 10.9 Å². The summed E-state index contributed by atoms with van der Waals surface area (Å²) >= 11 is 0. The average molecular weight is 522 g/mol. The first-order chi connectivity index (χ1) is 20.4. The highest BCUT2D eigenvalue weighted by atomic mass is 14.8. The number of hydrogen-bond acceptors (Lipinski definition) is 3. The van der Waals surface area contributed by atoms with Crippen molar-refractivity contribution < 1.29 is 0 Å². The summed E-state index contributed by atoms with van der Waals surface area (Å²) in [6.07, 6.45) is 3.75. The number of benzene rings is 4. The smallest absolute Gasteiger partial charge is 0.0886 e. The fourth-order valence-electron chi connectivity index (χ4n) is 7.23. The van der Waals surface area contributed by atoms with Gasteiger partial charge in [0.15, 0.2) is 0 Å². The van der Waals surface area contributed by atoms with E-state index in [4.69, 9.17) is 9.97 Å². The van der Waals surface area contributed by atoms with Crippen molar-refractivity contribution in [2.24, 2.45) is 0 Å². The third kappa shape index (κ3) is 2.90. The zero-order valence-electron chi connectivity index (χ0n) is 22.1. The van der Waals surface area contributed by atoms with Crippen LogP contribution in [0.25, 0.3) is 55.8 Å². The van der Waals surface area contributed by atoms with Gasteiger partial charge in [-0.1, -0.05) is 97.1 Å². The summed E-state index contributed by atoms with van der Waals surface area (Å²) in [6.45, 7) is 0. The molecule has 2 aliphatic carbocycles. The average Bonchev–Trinajstić information content (AvgIpc) is 3.53. The van der Waals surface area contributed by atoms with E-state index in [-0.39, 0.29) is 0 Å². The van der Waals surface area contributed by atoms with E-state index in [0.717, 1.165) is 28.2 Å². The number of nitrogens with zero attached hydrogens (tertiary/aromatic N) is 3. The lowest BCUT2D eigenvalue weighted by atomic mass is 9.69. The minimum absolute atomic E-state index is 0.433. The van der Waals surface area contributed by atoms with Crippen molar-refractivity contribution in [3.05, 3.63) is 162 Å². The maximum absolute atomic E-state index is 5.33. The topological polar surface area (TPSA) is 38.7 Å². The molecule has 0 fully saturated rings. The van der Waals surface area contributed by atoms with Gasteiger partial charge in [0.2, 0.25) is 0 Å². The molecule has 190 valence electrons. The fourth-order valence-corrected chi connectivity index (χ4v) is 7.23. The molecule has 0 aliphatic heterocycles. The van der Waals surface area contributed by atoms with E-state index in [1.807, 2.05) is 24.4 Å². The molecule has 9 rings (SSSR count). The lowest BCUT2D eigenvalue weighted by molar-refractivity contribution is 0.801. The Bertz CT molecular complexity index is 2100. The summed E-state index contributed by atoms with van der Waals surface area (Å²) in [5.74, 6) is 0. The van der Waals surface area contributed by atoms with Crippen LogP contribution in [0.1, 0.15) is 22.3 Å². The third-order valence-electron chi connectivity index (χ3n) is 8.78. The molecule has 4 aromatic carbocycles. The van der Waals surface area contributed by atoms with Crippen LogP contribution >= 0.6 is 0 Å². The van der Waals surface area contributed by atoms with Crippen LogP contribution in [0.4, 0.5) is 0 Å².